The third-order valence-electron chi connectivity index (χ3n) is 11.2. The van der Waals surface area contributed by atoms with E-state index < -0.39 is 5.41 Å². The Morgan fingerprint density at radius 1 is 0.889 bits per heavy atom. The van der Waals surface area contributed by atoms with E-state index in [4.69, 9.17) is 4.74 Å². The molecule has 2 aliphatic rings. The van der Waals surface area contributed by atoms with Gasteiger partial charge in [0.15, 0.2) is 0 Å². The molecule has 1 aliphatic carbocycles. The van der Waals surface area contributed by atoms with Gasteiger partial charge in [-0.2, -0.15) is 0 Å². The van der Waals surface area contributed by atoms with Gasteiger partial charge in [-0.1, -0.05) is 44.5 Å². The molecule has 3 aromatic rings. The van der Waals surface area contributed by atoms with Crippen LogP contribution in [0.1, 0.15) is 134 Å². The Balaban J connectivity index is 1.26. The number of piperidine rings is 1. The zero-order valence-corrected chi connectivity index (χ0v) is 33.9. The first-order valence-electron chi connectivity index (χ1n) is 20.1. The zero-order chi connectivity index (χ0) is 38.7. The van der Waals surface area contributed by atoms with Crippen LogP contribution in [0.4, 0.5) is 10.7 Å². The van der Waals surface area contributed by atoms with Crippen molar-refractivity contribution in [2.24, 2.45) is 5.41 Å². The summed E-state index contributed by atoms with van der Waals surface area (Å²) in [6.07, 6.45) is 12.1. The first-order valence-corrected chi connectivity index (χ1v) is 20.9. The highest BCUT2D eigenvalue weighted by atomic mass is 32.1. The van der Waals surface area contributed by atoms with Crippen molar-refractivity contribution in [3.8, 4) is 0 Å². The zero-order valence-electron chi connectivity index (χ0n) is 33.1. The highest BCUT2D eigenvalue weighted by molar-refractivity contribution is 7.17. The Labute approximate surface area is 326 Å². The second-order valence-corrected chi connectivity index (χ2v) is 16.7. The maximum Gasteiger partial charge on any atom is 0.311 e. The van der Waals surface area contributed by atoms with E-state index in [0.29, 0.717) is 29.1 Å². The van der Waals surface area contributed by atoms with Crippen LogP contribution in [0.2, 0.25) is 0 Å². The molecule has 2 heterocycles. The van der Waals surface area contributed by atoms with Crippen LogP contribution in [0.3, 0.4) is 0 Å². The maximum absolute atomic E-state index is 13.9. The van der Waals surface area contributed by atoms with Crippen LogP contribution >= 0.6 is 11.3 Å². The van der Waals surface area contributed by atoms with E-state index in [0.717, 1.165) is 79.6 Å². The molecule has 1 saturated heterocycles. The minimum absolute atomic E-state index is 0.0235. The molecule has 1 fully saturated rings. The summed E-state index contributed by atoms with van der Waals surface area (Å²) in [7, 11) is 1.37. The van der Waals surface area contributed by atoms with Crippen molar-refractivity contribution < 1.29 is 23.9 Å². The lowest BCUT2D eigenvalue weighted by atomic mass is 9.87. The summed E-state index contributed by atoms with van der Waals surface area (Å²) in [6, 6.07) is 15.6. The molecule has 1 aromatic heterocycles. The van der Waals surface area contributed by atoms with Crippen LogP contribution in [0.25, 0.3) is 0 Å². The van der Waals surface area contributed by atoms with Gasteiger partial charge < -0.3 is 25.2 Å². The van der Waals surface area contributed by atoms with Crippen LogP contribution < -0.4 is 10.6 Å². The van der Waals surface area contributed by atoms with Gasteiger partial charge in [0.05, 0.1) is 18.1 Å². The van der Waals surface area contributed by atoms with Gasteiger partial charge in [0, 0.05) is 35.1 Å². The molecule has 54 heavy (non-hydrogen) atoms. The number of likely N-dealkylation sites (tertiary alicyclic amines) is 1. The lowest BCUT2D eigenvalue weighted by Gasteiger charge is -2.32. The van der Waals surface area contributed by atoms with Crippen LogP contribution in [0.15, 0.2) is 48.5 Å². The number of ether oxygens (including phenoxy) is 1. The molecule has 0 saturated carbocycles. The van der Waals surface area contributed by atoms with Gasteiger partial charge in [-0.15, -0.1) is 11.3 Å². The van der Waals surface area contributed by atoms with Gasteiger partial charge in [0.2, 0.25) is 5.91 Å². The van der Waals surface area contributed by atoms with Crippen LogP contribution in [-0.2, 0) is 40.1 Å². The van der Waals surface area contributed by atoms with Crippen LogP contribution in [-0.4, -0.2) is 66.3 Å². The molecule has 5 rings (SSSR count). The number of fused-ring (bicyclic) bond motifs is 1. The van der Waals surface area contributed by atoms with Crippen molar-refractivity contribution in [1.82, 2.24) is 9.80 Å². The third kappa shape index (κ3) is 10.8. The standard InChI is InChI=1S/C44H60N4O5S/c1-6-35(7-2)48(38(49)24-25-44(3,4)43(52)53-5)30-32-15-13-17-33(29-32)40(50)46-42-39(36-18-9-10-19-37(36)54-42)41(51)45-34-22-20-31(21-23-34)16-14-28-47-26-11-8-12-27-47/h13,15,17,20-23,29,35H,6-12,14,16,18-19,24-28,30H2,1-5H3,(H,45,51)(H,46,50). The van der Waals surface area contributed by atoms with E-state index in [1.165, 1.54) is 56.4 Å². The topological polar surface area (TPSA) is 108 Å². The highest BCUT2D eigenvalue weighted by Crippen LogP contribution is 2.39. The summed E-state index contributed by atoms with van der Waals surface area (Å²) in [4.78, 5) is 59.3. The predicted octanol–water partition coefficient (Wildman–Crippen LogP) is 9.05. The summed E-state index contributed by atoms with van der Waals surface area (Å²) in [5, 5.41) is 6.80. The Hall–Kier alpha value is -4.02. The molecule has 292 valence electrons. The molecule has 0 radical (unpaired) electrons. The number of aryl methyl sites for hydroxylation is 2. The number of esters is 1. The molecular formula is C44H60N4O5S. The number of anilines is 2. The number of benzene rings is 2. The summed E-state index contributed by atoms with van der Waals surface area (Å²) in [6.45, 7) is 11.6. The van der Waals surface area contributed by atoms with Crippen molar-refractivity contribution in [2.75, 3.05) is 37.4 Å². The molecule has 10 heteroatoms. The quantitative estimate of drug-likeness (QED) is 0.133. The van der Waals surface area contributed by atoms with E-state index in [9.17, 15) is 19.2 Å². The van der Waals surface area contributed by atoms with Crippen molar-refractivity contribution >= 4 is 45.7 Å². The fourth-order valence-corrected chi connectivity index (χ4v) is 9.09. The minimum atomic E-state index is -0.768. The first kappa shape index (κ1) is 41.1. The number of hydrogen-bond donors (Lipinski definition) is 2. The number of amides is 3. The summed E-state index contributed by atoms with van der Waals surface area (Å²) < 4.78 is 4.95. The molecule has 3 amide bonds. The van der Waals surface area contributed by atoms with E-state index in [1.807, 2.05) is 35.2 Å². The SMILES string of the molecule is CCC(CC)N(Cc1cccc(C(=O)Nc2sc3c(c2C(=O)Nc2ccc(CCCN4CCCCC4)cc2)CCCC3)c1)C(=O)CCC(C)(C)C(=O)OC. The smallest absolute Gasteiger partial charge is 0.311 e. The van der Waals surface area contributed by atoms with E-state index in [1.54, 1.807) is 19.9 Å². The number of carbonyl (C=O) groups is 4. The van der Waals surface area contributed by atoms with Crippen molar-refractivity contribution in [3.63, 3.8) is 0 Å². The van der Waals surface area contributed by atoms with Crippen molar-refractivity contribution in [1.29, 1.82) is 0 Å². The molecular weight excluding hydrogens is 697 g/mol. The first-order chi connectivity index (χ1) is 26.0. The van der Waals surface area contributed by atoms with Gasteiger partial charge in [0.1, 0.15) is 5.00 Å². The Morgan fingerprint density at radius 3 is 2.31 bits per heavy atom. The van der Waals surface area contributed by atoms with E-state index in [2.05, 4.69) is 41.5 Å². The Morgan fingerprint density at radius 2 is 1.61 bits per heavy atom. The number of methoxy groups -OCH3 is 1. The predicted molar refractivity (Wildman–Crippen MR) is 218 cm³/mol. The number of hydrogen-bond acceptors (Lipinski definition) is 7. The summed E-state index contributed by atoms with van der Waals surface area (Å²) >= 11 is 1.50. The molecule has 0 atom stereocenters. The lowest BCUT2D eigenvalue weighted by Crippen LogP contribution is -2.40. The van der Waals surface area contributed by atoms with Gasteiger partial charge in [0.25, 0.3) is 11.8 Å². The second kappa shape index (κ2) is 19.5. The Kier molecular flexibility index (Phi) is 14.9. The number of nitrogens with one attached hydrogen (secondary N) is 2. The third-order valence-corrected chi connectivity index (χ3v) is 12.4. The van der Waals surface area contributed by atoms with E-state index >= 15 is 0 Å². The number of thiophene rings is 1. The highest BCUT2D eigenvalue weighted by Gasteiger charge is 2.31. The maximum atomic E-state index is 13.9. The molecule has 0 spiro atoms. The average Bonchev–Trinajstić information content (AvgIpc) is 3.55. The largest absolute Gasteiger partial charge is 0.469 e. The van der Waals surface area contributed by atoms with Crippen molar-refractivity contribution in [2.45, 2.75) is 124 Å². The van der Waals surface area contributed by atoms with E-state index in [-0.39, 0.29) is 36.2 Å². The molecule has 9 nitrogen and oxygen atoms in total. The fraction of sp³-hybridized carbons (Fsp3) is 0.545. The Bertz CT molecular complexity index is 1740. The average molecular weight is 757 g/mol. The number of carbonyl (C=O) groups excluding carboxylic acids is 4. The van der Waals surface area contributed by atoms with Gasteiger partial charge in [-0.3, -0.25) is 19.2 Å². The summed E-state index contributed by atoms with van der Waals surface area (Å²) in [5.41, 5.74) is 4.14. The van der Waals surface area contributed by atoms with Crippen LogP contribution in [0, 0.1) is 5.41 Å². The number of rotatable bonds is 17. The summed E-state index contributed by atoms with van der Waals surface area (Å²) in [5.74, 6) is -0.861. The van der Waals surface area contributed by atoms with Crippen LogP contribution in [0.5, 0.6) is 0 Å². The lowest BCUT2D eigenvalue weighted by molar-refractivity contribution is -0.151. The molecule has 0 unspecified atom stereocenters. The van der Waals surface area contributed by atoms with Gasteiger partial charge >= 0.3 is 5.97 Å². The minimum Gasteiger partial charge on any atom is -0.469 e. The molecule has 0 bridgehead atoms. The molecule has 2 aromatic carbocycles. The number of nitrogens with zero attached hydrogens (tertiary/aromatic N) is 2. The monoisotopic (exact) mass is 756 g/mol. The fourth-order valence-electron chi connectivity index (χ4n) is 7.81. The normalized spacial score (nSPS) is 14.7. The molecule has 2 N–H and O–H groups in total. The second-order valence-electron chi connectivity index (χ2n) is 15.6. The van der Waals surface area contributed by atoms with Gasteiger partial charge in [-0.05, 0) is 145 Å². The van der Waals surface area contributed by atoms with Gasteiger partial charge in [-0.25, -0.2) is 0 Å². The molecule has 1 aliphatic heterocycles. The van der Waals surface area contributed by atoms with Crippen molar-refractivity contribution in [3.05, 3.63) is 81.2 Å².